The lowest BCUT2D eigenvalue weighted by atomic mass is 9.87. The molecule has 1 heterocycles. The minimum Gasteiger partial charge on any atom is -0.482 e. The number of carbonyl (C=O) groups excluding carboxylic acids is 2. The van der Waals surface area contributed by atoms with Crippen LogP contribution in [0, 0.1) is 3.57 Å². The van der Waals surface area contributed by atoms with Gasteiger partial charge in [0.1, 0.15) is 18.0 Å². The highest BCUT2D eigenvalue weighted by atomic mass is 127. The van der Waals surface area contributed by atoms with Gasteiger partial charge in [-0.2, -0.15) is 0 Å². The number of halogens is 1. The second kappa shape index (κ2) is 18.2. The second-order valence-corrected chi connectivity index (χ2v) is 11.8. The van der Waals surface area contributed by atoms with E-state index in [0.29, 0.717) is 17.7 Å². The maximum Gasteiger partial charge on any atom is 0.247 e. The van der Waals surface area contributed by atoms with Gasteiger partial charge in [0.15, 0.2) is 0 Å². The second-order valence-electron chi connectivity index (χ2n) is 10.7. The molecule has 1 aromatic heterocycles. The summed E-state index contributed by atoms with van der Waals surface area (Å²) in [7, 11) is 0. The van der Waals surface area contributed by atoms with Gasteiger partial charge in [-0.1, -0.05) is 70.4 Å². The Balaban J connectivity index is 1.74. The maximum absolute atomic E-state index is 13.7. The number of aliphatic hydroxyl groups excluding tert-OH is 2. The lowest BCUT2D eigenvalue weighted by Gasteiger charge is -2.40. The summed E-state index contributed by atoms with van der Waals surface area (Å²) in [6.07, 6.45) is 13.9. The number of unbranched alkanes of at least 4 members (excludes halogenated alkanes) is 8. The molecule has 0 radical (unpaired) electrons. The van der Waals surface area contributed by atoms with Gasteiger partial charge in [-0.15, -0.1) is 0 Å². The van der Waals surface area contributed by atoms with Gasteiger partial charge in [0, 0.05) is 37.1 Å². The summed E-state index contributed by atoms with van der Waals surface area (Å²) in [6, 6.07) is 8.59. The van der Waals surface area contributed by atoms with Crippen molar-refractivity contribution in [3.05, 3.63) is 63.6 Å². The number of nitrogens with zero attached hydrogens (tertiary/aromatic N) is 1. The van der Waals surface area contributed by atoms with E-state index in [1.54, 1.807) is 29.6 Å². The number of furan rings is 1. The van der Waals surface area contributed by atoms with Crippen LogP contribution in [-0.4, -0.2) is 58.3 Å². The topological polar surface area (TPSA) is 112 Å². The number of hydrogen-bond donors (Lipinski definition) is 3. The monoisotopic (exact) mass is 680 g/mol. The number of aliphatic hydroxyl groups is 2. The molecule has 226 valence electrons. The third kappa shape index (κ3) is 10.8. The molecule has 3 unspecified atom stereocenters. The molecule has 1 aliphatic rings. The molecule has 1 aliphatic carbocycles. The molecule has 0 saturated heterocycles. The highest BCUT2D eigenvalue weighted by Crippen LogP contribution is 2.31. The largest absolute Gasteiger partial charge is 0.482 e. The van der Waals surface area contributed by atoms with Crippen LogP contribution in [0.25, 0.3) is 0 Å². The Hall–Kier alpha value is -2.37. The molecule has 2 amide bonds. The normalized spacial score (nSPS) is 18.5. The van der Waals surface area contributed by atoms with Crippen LogP contribution >= 0.6 is 22.6 Å². The molecule has 3 atom stereocenters. The van der Waals surface area contributed by atoms with Gasteiger partial charge >= 0.3 is 0 Å². The first kappa shape index (κ1) is 33.1. The lowest BCUT2D eigenvalue weighted by molar-refractivity contribution is -0.139. The number of benzene rings is 1. The van der Waals surface area contributed by atoms with E-state index in [-0.39, 0.29) is 37.9 Å². The molecule has 0 saturated carbocycles. The Bertz CT molecular complexity index is 1090. The predicted molar refractivity (Wildman–Crippen MR) is 167 cm³/mol. The van der Waals surface area contributed by atoms with E-state index >= 15 is 0 Å². The first-order valence-corrected chi connectivity index (χ1v) is 16.0. The van der Waals surface area contributed by atoms with Crippen LogP contribution in [0.15, 0.2) is 58.9 Å². The number of rotatable bonds is 18. The van der Waals surface area contributed by atoms with E-state index in [1.807, 2.05) is 24.3 Å². The first-order valence-electron chi connectivity index (χ1n) is 14.9. The highest BCUT2D eigenvalue weighted by molar-refractivity contribution is 14.1. The minimum atomic E-state index is -1.06. The van der Waals surface area contributed by atoms with Crippen molar-refractivity contribution < 1.29 is 29.0 Å². The van der Waals surface area contributed by atoms with E-state index in [4.69, 9.17) is 9.15 Å². The molecule has 0 bridgehead atoms. The lowest BCUT2D eigenvalue weighted by Crippen LogP contribution is -2.54. The smallest absolute Gasteiger partial charge is 0.247 e. The summed E-state index contributed by atoms with van der Waals surface area (Å²) in [4.78, 5) is 28.3. The van der Waals surface area contributed by atoms with Crippen LogP contribution in [0.3, 0.4) is 0 Å². The molecule has 41 heavy (non-hydrogen) atoms. The summed E-state index contributed by atoms with van der Waals surface area (Å²) in [6.45, 7) is 2.41. The van der Waals surface area contributed by atoms with Crippen molar-refractivity contribution in [3.8, 4) is 5.75 Å². The fourth-order valence-corrected chi connectivity index (χ4v) is 5.68. The van der Waals surface area contributed by atoms with Gasteiger partial charge in [-0.25, -0.2) is 0 Å². The average Bonchev–Trinajstić information content (AvgIpc) is 3.49. The van der Waals surface area contributed by atoms with Crippen molar-refractivity contribution in [1.82, 2.24) is 10.2 Å². The van der Waals surface area contributed by atoms with Crippen LogP contribution in [0.2, 0.25) is 0 Å². The van der Waals surface area contributed by atoms with Gasteiger partial charge in [-0.05, 0) is 53.3 Å². The fourth-order valence-electron chi connectivity index (χ4n) is 5.17. The Labute approximate surface area is 257 Å². The molecule has 9 heteroatoms. The van der Waals surface area contributed by atoms with Crippen molar-refractivity contribution in [1.29, 1.82) is 0 Å². The third-order valence-corrected chi connectivity index (χ3v) is 8.35. The SMILES string of the molecule is CCCCCCCCCCCC(=O)N(Cc1ccoc1)C1CC(C(=O)NCCO)=CC(Oc2ccccc2I)C1O. The Morgan fingerprint density at radius 2 is 1.78 bits per heavy atom. The van der Waals surface area contributed by atoms with E-state index < -0.39 is 18.2 Å². The molecule has 1 aromatic carbocycles. The van der Waals surface area contributed by atoms with Gasteiger partial charge < -0.3 is 29.6 Å². The number of para-hydroxylation sites is 1. The average molecular weight is 681 g/mol. The van der Waals surface area contributed by atoms with Gasteiger partial charge in [-0.3, -0.25) is 9.59 Å². The Morgan fingerprint density at radius 1 is 1.07 bits per heavy atom. The van der Waals surface area contributed by atoms with Crippen LogP contribution in [0.4, 0.5) is 0 Å². The summed E-state index contributed by atoms with van der Waals surface area (Å²) < 4.78 is 12.4. The molecule has 8 nitrogen and oxygen atoms in total. The van der Waals surface area contributed by atoms with Crippen LogP contribution in [0.1, 0.15) is 83.1 Å². The molecule has 2 aromatic rings. The number of nitrogens with one attached hydrogen (secondary N) is 1. The van der Waals surface area contributed by atoms with Crippen LogP contribution < -0.4 is 10.1 Å². The van der Waals surface area contributed by atoms with Crippen molar-refractivity contribution in [2.45, 2.75) is 102 Å². The molecule has 0 aliphatic heterocycles. The molecular formula is C32H45IN2O6. The molecule has 3 N–H and O–H groups in total. The molecule has 3 rings (SSSR count). The van der Waals surface area contributed by atoms with E-state index in [0.717, 1.165) is 28.4 Å². The summed E-state index contributed by atoms with van der Waals surface area (Å²) in [5, 5.41) is 23.5. The van der Waals surface area contributed by atoms with E-state index in [2.05, 4.69) is 34.8 Å². The zero-order chi connectivity index (χ0) is 29.5. The van der Waals surface area contributed by atoms with Crippen molar-refractivity contribution >= 4 is 34.4 Å². The molecule has 0 fully saturated rings. The first-order chi connectivity index (χ1) is 19.9. The number of amides is 2. The number of hydrogen-bond acceptors (Lipinski definition) is 6. The van der Waals surface area contributed by atoms with E-state index in [1.165, 1.54) is 38.5 Å². The zero-order valence-corrected chi connectivity index (χ0v) is 26.3. The predicted octanol–water partition coefficient (Wildman–Crippen LogP) is 5.75. The number of ether oxygens (including phenoxy) is 1. The molecular weight excluding hydrogens is 635 g/mol. The highest BCUT2D eigenvalue weighted by Gasteiger charge is 2.40. The fraction of sp³-hybridized carbons (Fsp3) is 0.562. The van der Waals surface area contributed by atoms with Crippen molar-refractivity contribution in [2.75, 3.05) is 13.2 Å². The summed E-state index contributed by atoms with van der Waals surface area (Å²) >= 11 is 2.17. The van der Waals surface area contributed by atoms with Gasteiger partial charge in [0.25, 0.3) is 0 Å². The minimum absolute atomic E-state index is 0.0664. The quantitative estimate of drug-likeness (QED) is 0.137. The Kier molecular flexibility index (Phi) is 14.7. The standard InChI is InChI=1S/C32H45IN2O6/c1-2-3-4-5-6-7-8-9-10-15-30(37)35(22-24-16-19-40-23-24)27-20-25(32(39)34-17-18-36)21-29(31(27)38)41-28-14-12-11-13-26(28)33/h11-14,16,19,21,23,27,29,31,36,38H,2-10,15,17-18,20,22H2,1H3,(H,34,39). The van der Waals surface area contributed by atoms with Crippen LogP contribution in [0.5, 0.6) is 5.75 Å². The van der Waals surface area contributed by atoms with E-state index in [9.17, 15) is 19.8 Å². The summed E-state index contributed by atoms with van der Waals surface area (Å²) in [5.74, 6) is 0.178. The summed E-state index contributed by atoms with van der Waals surface area (Å²) in [5.41, 5.74) is 1.23. The van der Waals surface area contributed by atoms with Crippen molar-refractivity contribution in [2.24, 2.45) is 0 Å². The van der Waals surface area contributed by atoms with Crippen molar-refractivity contribution in [3.63, 3.8) is 0 Å². The third-order valence-electron chi connectivity index (χ3n) is 7.46. The Morgan fingerprint density at radius 3 is 2.44 bits per heavy atom. The zero-order valence-electron chi connectivity index (χ0n) is 24.1. The number of carbonyl (C=O) groups is 2. The van der Waals surface area contributed by atoms with Gasteiger partial charge in [0.2, 0.25) is 11.8 Å². The van der Waals surface area contributed by atoms with Gasteiger partial charge in [0.05, 0.1) is 28.7 Å². The van der Waals surface area contributed by atoms with Crippen LogP contribution in [-0.2, 0) is 16.1 Å². The molecule has 0 spiro atoms. The maximum atomic E-state index is 13.7.